The van der Waals surface area contributed by atoms with Crippen LogP contribution < -0.4 is 5.32 Å². The van der Waals surface area contributed by atoms with Crippen LogP contribution in [0, 0.1) is 0 Å². The van der Waals surface area contributed by atoms with E-state index < -0.39 is 18.1 Å². The number of carboxylic acids is 1. The van der Waals surface area contributed by atoms with Gasteiger partial charge in [-0.2, -0.15) is 0 Å². The predicted molar refractivity (Wildman–Crippen MR) is 59.4 cm³/mol. The molecule has 3 atom stereocenters. The molecular weight excluding hydrogens is 224 g/mol. The first-order chi connectivity index (χ1) is 8.09. The largest absolute Gasteiger partial charge is 0.480 e. The third-order valence-electron chi connectivity index (χ3n) is 3.46. The summed E-state index contributed by atoms with van der Waals surface area (Å²) in [5.41, 5.74) is 0. The molecule has 17 heavy (non-hydrogen) atoms. The fourth-order valence-electron chi connectivity index (χ4n) is 2.55. The quantitative estimate of drug-likeness (QED) is 0.588. The average Bonchev–Trinajstić information content (AvgIpc) is 2.72. The van der Waals surface area contributed by atoms with Gasteiger partial charge in [0, 0.05) is 13.0 Å². The van der Waals surface area contributed by atoms with E-state index in [1.54, 1.807) is 0 Å². The second-order valence-electron chi connectivity index (χ2n) is 4.74. The summed E-state index contributed by atoms with van der Waals surface area (Å²) in [5, 5.41) is 21.6. The monoisotopic (exact) mass is 242 g/mol. The zero-order chi connectivity index (χ0) is 12.4. The van der Waals surface area contributed by atoms with E-state index in [0.29, 0.717) is 0 Å². The summed E-state index contributed by atoms with van der Waals surface area (Å²) in [6.45, 7) is 0.929. The molecule has 1 amide bonds. The molecule has 2 heterocycles. The van der Waals surface area contributed by atoms with Crippen LogP contribution in [0.4, 0.5) is 0 Å². The number of β-amino-alcohol motifs (C(OH)–C–C–N with tert-alkyl or cyclic N) is 1. The van der Waals surface area contributed by atoms with Gasteiger partial charge in [-0.15, -0.1) is 0 Å². The molecule has 0 bridgehead atoms. The summed E-state index contributed by atoms with van der Waals surface area (Å²) >= 11 is 0. The maximum Gasteiger partial charge on any atom is 0.326 e. The lowest BCUT2D eigenvalue weighted by molar-refractivity contribution is -0.149. The number of aliphatic hydroxyl groups excluding tert-OH is 1. The van der Waals surface area contributed by atoms with Crippen molar-refractivity contribution in [2.75, 3.05) is 13.1 Å². The van der Waals surface area contributed by atoms with E-state index in [-0.39, 0.29) is 24.9 Å². The van der Waals surface area contributed by atoms with E-state index in [2.05, 4.69) is 5.32 Å². The number of amides is 1. The highest BCUT2D eigenvalue weighted by Gasteiger charge is 2.41. The van der Waals surface area contributed by atoms with E-state index in [4.69, 9.17) is 5.11 Å². The minimum absolute atomic E-state index is 0.133. The zero-order valence-corrected chi connectivity index (χ0v) is 9.63. The Morgan fingerprint density at radius 3 is 2.65 bits per heavy atom. The summed E-state index contributed by atoms with van der Waals surface area (Å²) in [4.78, 5) is 24.5. The van der Waals surface area contributed by atoms with Crippen LogP contribution in [-0.4, -0.2) is 58.3 Å². The minimum Gasteiger partial charge on any atom is -0.480 e. The van der Waals surface area contributed by atoms with E-state index in [1.807, 2.05) is 0 Å². The van der Waals surface area contributed by atoms with Crippen LogP contribution in [0.15, 0.2) is 0 Å². The summed E-state index contributed by atoms with van der Waals surface area (Å²) in [6.07, 6.45) is 2.20. The molecule has 96 valence electrons. The topological polar surface area (TPSA) is 89.9 Å². The molecule has 0 aromatic heterocycles. The molecule has 2 fully saturated rings. The first kappa shape index (κ1) is 12.3. The van der Waals surface area contributed by atoms with Gasteiger partial charge in [-0.05, 0) is 19.4 Å². The molecule has 0 saturated carbocycles. The smallest absolute Gasteiger partial charge is 0.326 e. The number of hydrogen-bond acceptors (Lipinski definition) is 4. The fraction of sp³-hybridized carbons (Fsp3) is 0.818. The number of nitrogens with one attached hydrogen (secondary N) is 1. The summed E-state index contributed by atoms with van der Waals surface area (Å²) < 4.78 is 0. The predicted octanol–water partition coefficient (Wildman–Crippen LogP) is -0.825. The van der Waals surface area contributed by atoms with Gasteiger partial charge < -0.3 is 20.4 Å². The lowest BCUT2D eigenvalue weighted by Gasteiger charge is -2.29. The van der Waals surface area contributed by atoms with Crippen molar-refractivity contribution >= 4 is 11.9 Å². The number of carboxylic acid groups (broad SMARTS) is 1. The normalized spacial score (nSPS) is 33.7. The highest BCUT2D eigenvalue weighted by Crippen LogP contribution is 2.21. The molecule has 0 aliphatic carbocycles. The van der Waals surface area contributed by atoms with Crippen LogP contribution in [0.2, 0.25) is 0 Å². The number of nitrogens with zero attached hydrogens (tertiary/aromatic N) is 1. The summed E-state index contributed by atoms with van der Waals surface area (Å²) in [6, 6.07) is -1.16. The van der Waals surface area contributed by atoms with Gasteiger partial charge in [0.25, 0.3) is 0 Å². The van der Waals surface area contributed by atoms with Gasteiger partial charge in [0.2, 0.25) is 5.91 Å². The Morgan fingerprint density at radius 2 is 2.06 bits per heavy atom. The summed E-state index contributed by atoms with van der Waals surface area (Å²) in [5.74, 6) is -1.22. The molecule has 6 heteroatoms. The number of aliphatic carboxylic acids is 1. The van der Waals surface area contributed by atoms with E-state index in [9.17, 15) is 14.7 Å². The van der Waals surface area contributed by atoms with Crippen LogP contribution in [0.5, 0.6) is 0 Å². The number of rotatable bonds is 2. The lowest BCUT2D eigenvalue weighted by atomic mass is 10.0. The molecule has 0 spiro atoms. The van der Waals surface area contributed by atoms with Crippen LogP contribution >= 0.6 is 0 Å². The molecule has 0 radical (unpaired) electrons. The fourth-order valence-corrected chi connectivity index (χ4v) is 2.55. The second kappa shape index (κ2) is 5.01. The molecule has 2 aliphatic heterocycles. The highest BCUT2D eigenvalue weighted by atomic mass is 16.4. The van der Waals surface area contributed by atoms with Crippen molar-refractivity contribution in [2.24, 2.45) is 0 Å². The van der Waals surface area contributed by atoms with Crippen molar-refractivity contribution < 1.29 is 19.8 Å². The van der Waals surface area contributed by atoms with Gasteiger partial charge in [0.15, 0.2) is 0 Å². The molecule has 0 aromatic carbocycles. The first-order valence-electron chi connectivity index (χ1n) is 6.04. The van der Waals surface area contributed by atoms with Gasteiger partial charge in [0.05, 0.1) is 12.1 Å². The number of likely N-dealkylation sites (tertiary alicyclic amines) is 1. The van der Waals surface area contributed by atoms with Gasteiger partial charge in [-0.3, -0.25) is 4.79 Å². The van der Waals surface area contributed by atoms with Crippen molar-refractivity contribution in [3.8, 4) is 0 Å². The van der Waals surface area contributed by atoms with Crippen molar-refractivity contribution in [1.29, 1.82) is 0 Å². The number of carbonyl (C=O) groups is 2. The van der Waals surface area contributed by atoms with E-state index in [0.717, 1.165) is 25.8 Å². The molecule has 2 rings (SSSR count). The molecule has 2 aliphatic rings. The Kier molecular flexibility index (Phi) is 3.63. The Hall–Kier alpha value is -1.14. The zero-order valence-electron chi connectivity index (χ0n) is 9.63. The molecule has 0 aromatic rings. The Balaban J connectivity index is 2.04. The van der Waals surface area contributed by atoms with Gasteiger partial charge in [-0.1, -0.05) is 6.42 Å². The van der Waals surface area contributed by atoms with Crippen molar-refractivity contribution in [3.05, 3.63) is 0 Å². The van der Waals surface area contributed by atoms with Crippen molar-refractivity contribution in [2.45, 2.75) is 43.9 Å². The number of hydrogen-bond donors (Lipinski definition) is 3. The maximum absolute atomic E-state index is 12.1. The standard InChI is InChI=1S/C11H18N2O4/c14-7-5-9(11(16)17)13(6-7)10(15)8-3-1-2-4-12-8/h7-9,12,14H,1-6H2,(H,16,17)/t7-,8+,9+/m1/s1. The van der Waals surface area contributed by atoms with Crippen LogP contribution in [0.1, 0.15) is 25.7 Å². The number of carbonyl (C=O) groups excluding carboxylic acids is 1. The van der Waals surface area contributed by atoms with Crippen molar-refractivity contribution in [1.82, 2.24) is 10.2 Å². The third-order valence-corrected chi connectivity index (χ3v) is 3.46. The molecular formula is C11H18N2O4. The molecule has 6 nitrogen and oxygen atoms in total. The molecule has 2 saturated heterocycles. The average molecular weight is 242 g/mol. The second-order valence-corrected chi connectivity index (χ2v) is 4.74. The van der Waals surface area contributed by atoms with Crippen LogP contribution in [0.25, 0.3) is 0 Å². The Labute approximate surface area is 99.6 Å². The maximum atomic E-state index is 12.1. The summed E-state index contributed by atoms with van der Waals surface area (Å²) in [7, 11) is 0. The van der Waals surface area contributed by atoms with Gasteiger partial charge in [-0.25, -0.2) is 4.79 Å². The Bertz CT molecular complexity index is 315. The van der Waals surface area contributed by atoms with Crippen LogP contribution in [0.3, 0.4) is 0 Å². The van der Waals surface area contributed by atoms with E-state index >= 15 is 0 Å². The first-order valence-corrected chi connectivity index (χ1v) is 6.04. The molecule has 3 N–H and O–H groups in total. The SMILES string of the molecule is O=C(O)[C@@H]1C[C@@H](O)CN1C(=O)[C@@H]1CCCCN1. The van der Waals surface area contributed by atoms with Gasteiger partial charge >= 0.3 is 5.97 Å². The number of piperidine rings is 1. The van der Waals surface area contributed by atoms with Crippen molar-refractivity contribution in [3.63, 3.8) is 0 Å². The lowest BCUT2D eigenvalue weighted by Crippen LogP contribution is -2.51. The Morgan fingerprint density at radius 1 is 1.29 bits per heavy atom. The minimum atomic E-state index is -1.04. The number of aliphatic hydroxyl groups is 1. The highest BCUT2D eigenvalue weighted by molar-refractivity contribution is 5.87. The molecule has 0 unspecified atom stereocenters. The van der Waals surface area contributed by atoms with Crippen LogP contribution in [-0.2, 0) is 9.59 Å². The third kappa shape index (κ3) is 2.58. The van der Waals surface area contributed by atoms with E-state index in [1.165, 1.54) is 4.90 Å². The van der Waals surface area contributed by atoms with Gasteiger partial charge in [0.1, 0.15) is 6.04 Å².